The number of urea groups is 1. The van der Waals surface area contributed by atoms with E-state index in [2.05, 4.69) is 0 Å². The van der Waals surface area contributed by atoms with E-state index < -0.39 is 35.6 Å². The van der Waals surface area contributed by atoms with Gasteiger partial charge < -0.3 is 4.90 Å². The van der Waals surface area contributed by atoms with E-state index in [4.69, 9.17) is 0 Å². The summed E-state index contributed by atoms with van der Waals surface area (Å²) in [4.78, 5) is 38.4. The summed E-state index contributed by atoms with van der Waals surface area (Å²) in [6.45, 7) is 3.51. The molecule has 1 aliphatic heterocycles. The Morgan fingerprint density at radius 1 is 1.04 bits per heavy atom. The highest BCUT2D eigenvalue weighted by atomic mass is 19.4. The fourth-order valence-electron chi connectivity index (χ4n) is 2.60. The number of imide groups is 2. The summed E-state index contributed by atoms with van der Waals surface area (Å²) in [5, 5.41) is 0. The maximum absolute atomic E-state index is 12.6. The maximum Gasteiger partial charge on any atom is 0.416 e. The molecule has 136 valence electrons. The Balaban J connectivity index is 2.03. The number of carbonyl (C=O) groups excluding carboxylic acids is 3. The minimum Gasteiger partial charge on any atom is -0.316 e. The molecule has 6 nitrogen and oxygen atoms in total. The first kappa shape index (κ1) is 18.9. The number of nitrogens with one attached hydrogen (secondary N) is 1. The molecule has 1 saturated heterocycles. The first-order valence-electron chi connectivity index (χ1n) is 7.68. The van der Waals surface area contributed by atoms with E-state index in [0.29, 0.717) is 17.0 Å². The molecular formula is C16H19F3N3O3+. The van der Waals surface area contributed by atoms with Crippen LogP contribution in [-0.4, -0.2) is 47.4 Å². The van der Waals surface area contributed by atoms with Crippen LogP contribution in [0, 0.1) is 0 Å². The van der Waals surface area contributed by atoms with Gasteiger partial charge >= 0.3 is 24.0 Å². The van der Waals surface area contributed by atoms with Crippen LogP contribution in [0.4, 0.5) is 18.0 Å². The van der Waals surface area contributed by atoms with Crippen molar-refractivity contribution in [2.75, 3.05) is 13.7 Å². The van der Waals surface area contributed by atoms with Crippen LogP contribution >= 0.6 is 0 Å². The summed E-state index contributed by atoms with van der Waals surface area (Å²) in [5.41, 5.74) is -0.117. The maximum atomic E-state index is 12.6. The van der Waals surface area contributed by atoms with Gasteiger partial charge in [0.05, 0.1) is 12.6 Å². The van der Waals surface area contributed by atoms with Gasteiger partial charge in [0.15, 0.2) is 6.67 Å². The van der Waals surface area contributed by atoms with E-state index in [1.807, 2.05) is 0 Å². The molecule has 1 fully saturated rings. The molecule has 1 N–H and O–H groups in total. The van der Waals surface area contributed by atoms with Gasteiger partial charge in [-0.2, -0.15) is 13.2 Å². The standard InChI is InChI=1S/C16H18F3N3O3/c1-10(2)22-14(24)13(23)21(15(22)25)9-20(3)8-11-4-6-12(7-5-11)16(17,18)19/h4-7,10H,8-9H2,1-3H3/p+1. The topological polar surface area (TPSA) is 62.1 Å². The van der Waals surface area contributed by atoms with Crippen molar-refractivity contribution in [2.45, 2.75) is 32.6 Å². The van der Waals surface area contributed by atoms with Gasteiger partial charge in [0.2, 0.25) is 0 Å². The molecule has 0 spiro atoms. The Morgan fingerprint density at radius 2 is 1.60 bits per heavy atom. The number of benzene rings is 1. The molecule has 0 aliphatic carbocycles. The van der Waals surface area contributed by atoms with Gasteiger partial charge in [-0.05, 0) is 26.0 Å². The fraction of sp³-hybridized carbons (Fsp3) is 0.438. The average Bonchev–Trinajstić information content (AvgIpc) is 2.70. The highest BCUT2D eigenvalue weighted by Crippen LogP contribution is 2.28. The summed E-state index contributed by atoms with van der Waals surface area (Å²) in [7, 11) is 1.68. The Bertz CT molecular complexity index is 686. The minimum absolute atomic E-state index is 0.0480. The second-order valence-electron chi connectivity index (χ2n) is 6.27. The van der Waals surface area contributed by atoms with Crippen LogP contribution in [0.1, 0.15) is 25.0 Å². The highest BCUT2D eigenvalue weighted by Gasteiger charge is 2.46. The van der Waals surface area contributed by atoms with Crippen LogP contribution < -0.4 is 4.90 Å². The molecule has 1 atom stereocenters. The normalized spacial score (nSPS) is 17.0. The van der Waals surface area contributed by atoms with Crippen LogP contribution in [-0.2, 0) is 22.3 Å². The zero-order valence-corrected chi connectivity index (χ0v) is 14.1. The average molecular weight is 358 g/mol. The van der Waals surface area contributed by atoms with Gasteiger partial charge in [-0.25, -0.2) is 9.69 Å². The number of amides is 4. The molecule has 25 heavy (non-hydrogen) atoms. The summed E-state index contributed by atoms with van der Waals surface area (Å²) in [6, 6.07) is 3.58. The lowest BCUT2D eigenvalue weighted by Gasteiger charge is -2.21. The molecule has 0 saturated carbocycles. The Labute approximate surface area is 142 Å². The summed E-state index contributed by atoms with van der Waals surface area (Å²) in [6.07, 6.45) is -4.40. The molecule has 0 aromatic heterocycles. The third-order valence-electron chi connectivity index (χ3n) is 3.82. The number of alkyl halides is 3. The molecule has 1 unspecified atom stereocenters. The van der Waals surface area contributed by atoms with Crippen molar-refractivity contribution in [1.82, 2.24) is 9.80 Å². The van der Waals surface area contributed by atoms with E-state index >= 15 is 0 Å². The van der Waals surface area contributed by atoms with Crippen molar-refractivity contribution in [3.8, 4) is 0 Å². The third-order valence-corrected chi connectivity index (χ3v) is 3.82. The van der Waals surface area contributed by atoms with Gasteiger partial charge in [-0.3, -0.25) is 14.5 Å². The van der Waals surface area contributed by atoms with Crippen LogP contribution in [0.25, 0.3) is 0 Å². The predicted octanol–water partition coefficient (Wildman–Crippen LogP) is 0.877. The van der Waals surface area contributed by atoms with Crippen LogP contribution in [0.15, 0.2) is 24.3 Å². The molecule has 1 heterocycles. The van der Waals surface area contributed by atoms with E-state index in [-0.39, 0.29) is 6.67 Å². The highest BCUT2D eigenvalue weighted by molar-refractivity contribution is 6.44. The van der Waals surface area contributed by atoms with Crippen LogP contribution in [0.5, 0.6) is 0 Å². The summed E-state index contributed by atoms with van der Waals surface area (Å²) < 4.78 is 37.7. The second-order valence-corrected chi connectivity index (χ2v) is 6.27. The third kappa shape index (κ3) is 3.98. The van der Waals surface area contributed by atoms with Crippen molar-refractivity contribution < 1.29 is 32.5 Å². The van der Waals surface area contributed by atoms with E-state index in [1.54, 1.807) is 20.9 Å². The minimum atomic E-state index is -4.40. The molecule has 0 radical (unpaired) electrons. The molecular weight excluding hydrogens is 339 g/mol. The zero-order valence-electron chi connectivity index (χ0n) is 14.1. The van der Waals surface area contributed by atoms with E-state index in [1.165, 1.54) is 12.1 Å². The lowest BCUT2D eigenvalue weighted by Crippen LogP contribution is -3.09. The molecule has 9 heteroatoms. The monoisotopic (exact) mass is 358 g/mol. The number of rotatable bonds is 5. The van der Waals surface area contributed by atoms with E-state index in [0.717, 1.165) is 21.9 Å². The van der Waals surface area contributed by atoms with Gasteiger partial charge in [0, 0.05) is 11.6 Å². The number of quaternary nitrogens is 1. The van der Waals surface area contributed by atoms with Gasteiger partial charge in [-0.1, -0.05) is 12.1 Å². The molecule has 4 amide bonds. The van der Waals surface area contributed by atoms with Crippen molar-refractivity contribution in [2.24, 2.45) is 0 Å². The number of carbonyl (C=O) groups is 3. The lowest BCUT2D eigenvalue weighted by molar-refractivity contribution is -0.901. The van der Waals surface area contributed by atoms with Gasteiger partial charge in [0.1, 0.15) is 6.54 Å². The van der Waals surface area contributed by atoms with Crippen LogP contribution in [0.3, 0.4) is 0 Å². The second kappa shape index (κ2) is 6.83. The largest absolute Gasteiger partial charge is 0.416 e. The molecule has 1 aliphatic rings. The predicted molar refractivity (Wildman–Crippen MR) is 81.1 cm³/mol. The Morgan fingerprint density at radius 3 is 2.04 bits per heavy atom. The fourth-order valence-corrected chi connectivity index (χ4v) is 2.60. The Kier molecular flexibility index (Phi) is 5.17. The van der Waals surface area contributed by atoms with Crippen molar-refractivity contribution in [3.05, 3.63) is 35.4 Å². The van der Waals surface area contributed by atoms with Crippen molar-refractivity contribution >= 4 is 17.8 Å². The number of nitrogens with zero attached hydrogens (tertiary/aromatic N) is 2. The van der Waals surface area contributed by atoms with Crippen LogP contribution in [0.2, 0.25) is 0 Å². The van der Waals surface area contributed by atoms with Gasteiger partial charge in [-0.15, -0.1) is 0 Å². The first-order valence-corrected chi connectivity index (χ1v) is 7.68. The SMILES string of the molecule is CC(C)N1C(=O)C(=O)N(C[NH+](C)Cc2ccc(C(F)(F)F)cc2)C1=O. The quantitative estimate of drug-likeness (QED) is 0.628. The molecule has 2 rings (SSSR count). The Hall–Kier alpha value is -2.42. The summed E-state index contributed by atoms with van der Waals surface area (Å²) >= 11 is 0. The number of hydrogen-bond donors (Lipinski definition) is 1. The lowest BCUT2D eigenvalue weighted by atomic mass is 10.1. The number of halogens is 3. The van der Waals surface area contributed by atoms with Crippen molar-refractivity contribution in [1.29, 1.82) is 0 Å². The smallest absolute Gasteiger partial charge is 0.316 e. The molecule has 1 aromatic rings. The number of hydrogen-bond acceptors (Lipinski definition) is 3. The summed E-state index contributed by atoms with van der Waals surface area (Å²) in [5.74, 6) is -1.74. The van der Waals surface area contributed by atoms with Crippen molar-refractivity contribution in [3.63, 3.8) is 0 Å². The zero-order chi connectivity index (χ0) is 18.9. The first-order chi connectivity index (χ1) is 11.5. The van der Waals surface area contributed by atoms with Gasteiger partial charge in [0.25, 0.3) is 0 Å². The van der Waals surface area contributed by atoms with E-state index in [9.17, 15) is 27.6 Å². The molecule has 0 bridgehead atoms. The molecule has 1 aromatic carbocycles.